The van der Waals surface area contributed by atoms with Crippen LogP contribution in [0, 0.1) is 40.4 Å². The summed E-state index contributed by atoms with van der Waals surface area (Å²) in [6, 6.07) is 0. The summed E-state index contributed by atoms with van der Waals surface area (Å²) >= 11 is 0. The van der Waals surface area contributed by atoms with Gasteiger partial charge in [0.25, 0.3) is 0 Å². The Balaban J connectivity index is 1.65. The highest BCUT2D eigenvalue weighted by Gasteiger charge is 2.53. The molecule has 0 aromatic carbocycles. The van der Waals surface area contributed by atoms with Gasteiger partial charge in [0.1, 0.15) is 0 Å². The Morgan fingerprint density at radius 2 is 1.72 bits per heavy atom. The Morgan fingerprint density at radius 3 is 2.45 bits per heavy atom. The average Bonchev–Trinajstić information content (AvgIpc) is 3.03. The van der Waals surface area contributed by atoms with E-state index in [1.54, 1.807) is 11.1 Å². The smallest absolute Gasteiger partial charge is 0.156 e. The van der Waals surface area contributed by atoms with Crippen LogP contribution in [-0.4, -0.2) is 5.78 Å². The van der Waals surface area contributed by atoms with E-state index in [4.69, 9.17) is 0 Å². The fourth-order valence-corrected chi connectivity index (χ4v) is 6.91. The van der Waals surface area contributed by atoms with E-state index in [9.17, 15) is 4.79 Å². The fraction of sp³-hybridized carbons (Fsp3) is 0.679. The largest absolute Gasteiger partial charge is 0.295 e. The third-order valence-corrected chi connectivity index (χ3v) is 9.37. The van der Waals surface area contributed by atoms with Gasteiger partial charge in [-0.25, -0.2) is 0 Å². The van der Waals surface area contributed by atoms with Crippen LogP contribution in [0.5, 0.6) is 0 Å². The standard InChI is InChI=1S/C28H40O/c1-18(2)19(3)7-8-20(4)24-11-12-25-23-10-9-21-17-22(29)13-15-27(21,5)26(23)14-16-28(24,25)6/h7-10,17-20,24,26H,11-16H2,1-6H3/b8-7+/t19-,20-,24?,26?,27?,28?/m1/s1. The lowest BCUT2D eigenvalue weighted by molar-refractivity contribution is -0.116. The summed E-state index contributed by atoms with van der Waals surface area (Å²) in [5.74, 6) is 3.69. The predicted octanol–water partition coefficient (Wildman–Crippen LogP) is 7.46. The minimum Gasteiger partial charge on any atom is -0.295 e. The maximum Gasteiger partial charge on any atom is 0.156 e. The van der Waals surface area contributed by atoms with Crippen molar-refractivity contribution in [1.82, 2.24) is 0 Å². The Morgan fingerprint density at radius 1 is 0.966 bits per heavy atom. The summed E-state index contributed by atoms with van der Waals surface area (Å²) in [5.41, 5.74) is 5.21. The van der Waals surface area contributed by atoms with E-state index in [1.807, 2.05) is 6.08 Å². The highest BCUT2D eigenvalue weighted by molar-refractivity contribution is 5.92. The molecule has 1 nitrogen and oxygen atoms in total. The Hall–Kier alpha value is -1.37. The molecule has 0 heterocycles. The van der Waals surface area contributed by atoms with Gasteiger partial charge in [-0.2, -0.15) is 0 Å². The van der Waals surface area contributed by atoms with Crippen LogP contribution < -0.4 is 0 Å². The van der Waals surface area contributed by atoms with Gasteiger partial charge in [-0.3, -0.25) is 4.79 Å². The van der Waals surface area contributed by atoms with Gasteiger partial charge in [-0.1, -0.05) is 71.4 Å². The topological polar surface area (TPSA) is 17.1 Å². The maximum atomic E-state index is 12.0. The van der Waals surface area contributed by atoms with E-state index in [2.05, 4.69) is 65.8 Å². The number of carbonyl (C=O) groups excluding carboxylic acids is 1. The Bertz CT molecular complexity index is 806. The van der Waals surface area contributed by atoms with Gasteiger partial charge < -0.3 is 0 Å². The van der Waals surface area contributed by atoms with Crippen molar-refractivity contribution in [3.63, 3.8) is 0 Å². The van der Waals surface area contributed by atoms with Crippen molar-refractivity contribution in [3.8, 4) is 0 Å². The molecule has 0 aromatic heterocycles. The van der Waals surface area contributed by atoms with Gasteiger partial charge in [-0.15, -0.1) is 0 Å². The normalized spacial score (nSPS) is 38.7. The van der Waals surface area contributed by atoms with Crippen molar-refractivity contribution in [1.29, 1.82) is 0 Å². The molecule has 0 aliphatic heterocycles. The Kier molecular flexibility index (Phi) is 5.33. The lowest BCUT2D eigenvalue weighted by Crippen LogP contribution is -2.41. The molecule has 4 aliphatic rings. The summed E-state index contributed by atoms with van der Waals surface area (Å²) in [7, 11) is 0. The summed E-state index contributed by atoms with van der Waals surface area (Å²) in [6.07, 6.45) is 18.5. The van der Waals surface area contributed by atoms with Crippen molar-refractivity contribution in [2.75, 3.05) is 0 Å². The molecular formula is C28H40O. The quantitative estimate of drug-likeness (QED) is 0.454. The van der Waals surface area contributed by atoms with E-state index in [0.29, 0.717) is 34.9 Å². The molecule has 1 heteroatoms. The SMILES string of the molecule is CC(C)[C@H](C)/C=C/[C@@H](C)C1CCC2=C3C=CC4=CC(=O)CCC4(C)C3CCC21C. The number of rotatable bonds is 4. The van der Waals surface area contributed by atoms with E-state index in [1.165, 1.54) is 31.3 Å². The molecule has 1 fully saturated rings. The molecule has 0 aromatic rings. The molecule has 158 valence electrons. The van der Waals surface area contributed by atoms with E-state index >= 15 is 0 Å². The molecule has 0 radical (unpaired) electrons. The molecule has 4 aliphatic carbocycles. The van der Waals surface area contributed by atoms with Crippen molar-refractivity contribution < 1.29 is 4.79 Å². The molecular weight excluding hydrogens is 352 g/mol. The van der Waals surface area contributed by atoms with Crippen molar-refractivity contribution in [3.05, 3.63) is 47.1 Å². The van der Waals surface area contributed by atoms with Crippen LogP contribution in [0.3, 0.4) is 0 Å². The first-order valence-electron chi connectivity index (χ1n) is 12.0. The molecule has 4 rings (SSSR count). The van der Waals surface area contributed by atoms with Crippen LogP contribution in [0.15, 0.2) is 47.1 Å². The number of fused-ring (bicyclic) bond motifs is 4. The number of allylic oxidation sites excluding steroid dienone is 8. The van der Waals surface area contributed by atoms with Crippen LogP contribution in [0.1, 0.15) is 80.1 Å². The van der Waals surface area contributed by atoms with E-state index in [-0.39, 0.29) is 5.41 Å². The fourth-order valence-electron chi connectivity index (χ4n) is 6.91. The number of hydrogen-bond acceptors (Lipinski definition) is 1. The van der Waals surface area contributed by atoms with Gasteiger partial charge in [-0.05, 0) is 89.7 Å². The summed E-state index contributed by atoms with van der Waals surface area (Å²) in [5, 5.41) is 0. The molecule has 0 saturated heterocycles. The monoisotopic (exact) mass is 392 g/mol. The maximum absolute atomic E-state index is 12.0. The van der Waals surface area contributed by atoms with Crippen LogP contribution >= 0.6 is 0 Å². The van der Waals surface area contributed by atoms with Crippen LogP contribution in [-0.2, 0) is 4.79 Å². The minimum absolute atomic E-state index is 0.169. The van der Waals surface area contributed by atoms with Gasteiger partial charge in [0.15, 0.2) is 5.78 Å². The molecule has 1 saturated carbocycles. The van der Waals surface area contributed by atoms with Crippen molar-refractivity contribution >= 4 is 5.78 Å². The lowest BCUT2D eigenvalue weighted by atomic mass is 9.53. The zero-order valence-corrected chi connectivity index (χ0v) is 19.4. The zero-order chi connectivity index (χ0) is 21.0. The number of ketones is 1. The first-order chi connectivity index (χ1) is 13.7. The van der Waals surface area contributed by atoms with E-state index < -0.39 is 0 Å². The minimum atomic E-state index is 0.169. The molecule has 6 atom stereocenters. The first-order valence-corrected chi connectivity index (χ1v) is 12.0. The molecule has 0 bridgehead atoms. The first kappa shape index (κ1) is 20.9. The van der Waals surface area contributed by atoms with Crippen molar-refractivity contribution in [2.24, 2.45) is 40.4 Å². The van der Waals surface area contributed by atoms with Crippen molar-refractivity contribution in [2.45, 2.75) is 80.1 Å². The summed E-state index contributed by atoms with van der Waals surface area (Å²) < 4.78 is 0. The van der Waals surface area contributed by atoms with Crippen LogP contribution in [0.2, 0.25) is 0 Å². The summed E-state index contributed by atoms with van der Waals surface area (Å²) in [6.45, 7) is 14.4. The Labute approximate surface area is 178 Å². The zero-order valence-electron chi connectivity index (χ0n) is 19.4. The molecule has 4 unspecified atom stereocenters. The van der Waals surface area contributed by atoms with Gasteiger partial charge in [0, 0.05) is 6.42 Å². The third kappa shape index (κ3) is 3.33. The van der Waals surface area contributed by atoms with Crippen LogP contribution in [0.4, 0.5) is 0 Å². The highest BCUT2D eigenvalue weighted by atomic mass is 16.1. The predicted molar refractivity (Wildman–Crippen MR) is 122 cm³/mol. The average molecular weight is 393 g/mol. The van der Waals surface area contributed by atoms with Gasteiger partial charge in [0.2, 0.25) is 0 Å². The number of carbonyl (C=O) groups is 1. The number of hydrogen-bond donors (Lipinski definition) is 0. The van der Waals surface area contributed by atoms with Crippen LogP contribution in [0.25, 0.3) is 0 Å². The third-order valence-electron chi connectivity index (χ3n) is 9.37. The van der Waals surface area contributed by atoms with E-state index in [0.717, 1.165) is 18.8 Å². The molecule has 29 heavy (non-hydrogen) atoms. The lowest BCUT2D eigenvalue weighted by Gasteiger charge is -2.51. The summed E-state index contributed by atoms with van der Waals surface area (Å²) in [4.78, 5) is 12.0. The molecule has 0 N–H and O–H groups in total. The van der Waals surface area contributed by atoms with Gasteiger partial charge in [0.05, 0.1) is 0 Å². The molecule has 0 amide bonds. The highest BCUT2D eigenvalue weighted by Crippen LogP contribution is 2.63. The molecule has 0 spiro atoms. The van der Waals surface area contributed by atoms with Gasteiger partial charge >= 0.3 is 0 Å². The second kappa shape index (κ2) is 7.40. The second-order valence-electron chi connectivity index (χ2n) is 11.3. The second-order valence-corrected chi connectivity index (χ2v) is 11.3.